The van der Waals surface area contributed by atoms with Gasteiger partial charge in [-0.1, -0.05) is 25.1 Å². The van der Waals surface area contributed by atoms with Crippen molar-refractivity contribution >= 4 is 0 Å². The third-order valence-corrected chi connectivity index (χ3v) is 2.87. The van der Waals surface area contributed by atoms with Crippen LogP contribution in [0, 0.1) is 0 Å². The van der Waals surface area contributed by atoms with Gasteiger partial charge >= 0.3 is 0 Å². The van der Waals surface area contributed by atoms with E-state index >= 15 is 0 Å². The zero-order valence-electron chi connectivity index (χ0n) is 8.79. The van der Waals surface area contributed by atoms with E-state index in [4.69, 9.17) is 4.74 Å². The molecule has 2 unspecified atom stereocenters. The van der Waals surface area contributed by atoms with Crippen LogP contribution in [0.25, 0.3) is 0 Å². The maximum Gasteiger partial charge on any atom is 0.123 e. The molecular weight excluding hydrogens is 174 g/mol. The number of likely N-dealkylation sites (N-methyl/N-ethyl adjacent to an activating group) is 1. The van der Waals surface area contributed by atoms with Crippen LogP contribution >= 0.6 is 0 Å². The van der Waals surface area contributed by atoms with Crippen molar-refractivity contribution in [3.05, 3.63) is 29.8 Å². The van der Waals surface area contributed by atoms with Gasteiger partial charge in [0.05, 0.1) is 0 Å². The molecule has 0 spiro atoms. The molecule has 1 aromatic carbocycles. The van der Waals surface area contributed by atoms with Crippen LogP contribution in [0.1, 0.15) is 24.8 Å². The molecule has 2 atom stereocenters. The van der Waals surface area contributed by atoms with Gasteiger partial charge in [0, 0.05) is 18.0 Å². The average Bonchev–Trinajstić information content (AvgIpc) is 2.58. The summed E-state index contributed by atoms with van der Waals surface area (Å²) in [5.74, 6) is 1.58. The Morgan fingerprint density at radius 2 is 2.14 bits per heavy atom. The Hall–Kier alpha value is -1.02. The second-order valence-electron chi connectivity index (χ2n) is 3.77. The lowest BCUT2D eigenvalue weighted by atomic mass is 9.94. The minimum absolute atomic E-state index is 0.347. The van der Waals surface area contributed by atoms with Gasteiger partial charge in [-0.2, -0.15) is 0 Å². The lowest BCUT2D eigenvalue weighted by Crippen LogP contribution is -2.26. The number of rotatable bonds is 3. The first-order valence-electron chi connectivity index (χ1n) is 5.27. The zero-order chi connectivity index (χ0) is 9.97. The first kappa shape index (κ1) is 9.53. The van der Waals surface area contributed by atoms with E-state index in [0.717, 1.165) is 18.7 Å². The minimum Gasteiger partial charge on any atom is -0.489 e. The second-order valence-corrected chi connectivity index (χ2v) is 3.77. The zero-order valence-corrected chi connectivity index (χ0v) is 8.79. The number of benzene rings is 1. The predicted octanol–water partition coefficient (Wildman–Crippen LogP) is 2.16. The molecule has 14 heavy (non-hydrogen) atoms. The highest BCUT2D eigenvalue weighted by Crippen LogP contribution is 2.38. The SMILES string of the molecule is CCC1Oc2ccccc2C1CNC. The lowest BCUT2D eigenvalue weighted by Gasteiger charge is -2.16. The molecular formula is C12H17NO. The van der Waals surface area contributed by atoms with Gasteiger partial charge in [-0.15, -0.1) is 0 Å². The molecule has 0 bridgehead atoms. The summed E-state index contributed by atoms with van der Waals surface area (Å²) in [6.45, 7) is 3.18. The van der Waals surface area contributed by atoms with Gasteiger partial charge < -0.3 is 10.1 Å². The summed E-state index contributed by atoms with van der Waals surface area (Å²) in [6.07, 6.45) is 1.42. The van der Waals surface area contributed by atoms with Gasteiger partial charge in [0.2, 0.25) is 0 Å². The van der Waals surface area contributed by atoms with Crippen LogP contribution in [0.4, 0.5) is 0 Å². The van der Waals surface area contributed by atoms with Crippen LogP contribution in [0.5, 0.6) is 5.75 Å². The minimum atomic E-state index is 0.347. The highest BCUT2D eigenvalue weighted by molar-refractivity contribution is 5.41. The Kier molecular flexibility index (Phi) is 2.73. The molecule has 1 aromatic rings. The number of ether oxygens (including phenoxy) is 1. The van der Waals surface area contributed by atoms with Crippen molar-refractivity contribution in [2.45, 2.75) is 25.4 Å². The molecule has 0 saturated heterocycles. The summed E-state index contributed by atoms with van der Waals surface area (Å²) in [5, 5.41) is 3.23. The van der Waals surface area contributed by atoms with E-state index in [1.54, 1.807) is 0 Å². The molecule has 0 radical (unpaired) electrons. The van der Waals surface area contributed by atoms with E-state index in [1.807, 2.05) is 13.1 Å². The summed E-state index contributed by atoms with van der Waals surface area (Å²) >= 11 is 0. The Bertz CT molecular complexity index is 311. The van der Waals surface area contributed by atoms with E-state index in [1.165, 1.54) is 5.56 Å². The topological polar surface area (TPSA) is 21.3 Å². The molecule has 2 nitrogen and oxygen atoms in total. The van der Waals surface area contributed by atoms with Crippen molar-refractivity contribution in [3.8, 4) is 5.75 Å². The highest BCUT2D eigenvalue weighted by Gasteiger charge is 2.31. The van der Waals surface area contributed by atoms with Crippen molar-refractivity contribution in [1.29, 1.82) is 0 Å². The van der Waals surface area contributed by atoms with Gasteiger partial charge in [-0.05, 0) is 19.5 Å². The molecule has 1 aliphatic heterocycles. The van der Waals surface area contributed by atoms with Crippen LogP contribution in [-0.4, -0.2) is 19.7 Å². The van der Waals surface area contributed by atoms with Gasteiger partial charge in [0.25, 0.3) is 0 Å². The third-order valence-electron chi connectivity index (χ3n) is 2.87. The molecule has 0 amide bonds. The fraction of sp³-hybridized carbons (Fsp3) is 0.500. The molecule has 2 heteroatoms. The van der Waals surface area contributed by atoms with Crippen molar-refractivity contribution in [1.82, 2.24) is 5.32 Å². The predicted molar refractivity (Wildman–Crippen MR) is 57.8 cm³/mol. The largest absolute Gasteiger partial charge is 0.489 e. The van der Waals surface area contributed by atoms with Gasteiger partial charge in [0.15, 0.2) is 0 Å². The monoisotopic (exact) mass is 191 g/mol. The number of fused-ring (bicyclic) bond motifs is 1. The van der Waals surface area contributed by atoms with E-state index < -0.39 is 0 Å². The van der Waals surface area contributed by atoms with Crippen LogP contribution < -0.4 is 10.1 Å². The summed E-state index contributed by atoms with van der Waals surface area (Å²) in [4.78, 5) is 0. The van der Waals surface area contributed by atoms with E-state index in [9.17, 15) is 0 Å². The Balaban J connectivity index is 2.27. The highest BCUT2D eigenvalue weighted by atomic mass is 16.5. The summed E-state index contributed by atoms with van der Waals surface area (Å²) in [5.41, 5.74) is 1.36. The molecule has 76 valence electrons. The smallest absolute Gasteiger partial charge is 0.123 e. The fourth-order valence-corrected chi connectivity index (χ4v) is 2.17. The molecule has 0 aliphatic carbocycles. The molecule has 1 aliphatic rings. The Labute approximate surface area is 85.3 Å². The molecule has 0 fully saturated rings. The van der Waals surface area contributed by atoms with E-state index in [2.05, 4.69) is 30.4 Å². The molecule has 1 heterocycles. The Morgan fingerprint density at radius 1 is 1.36 bits per heavy atom. The summed E-state index contributed by atoms with van der Waals surface area (Å²) in [7, 11) is 1.99. The fourth-order valence-electron chi connectivity index (χ4n) is 2.17. The standard InChI is InChI=1S/C12H17NO/c1-3-11-10(8-13-2)9-6-4-5-7-12(9)14-11/h4-7,10-11,13H,3,8H2,1-2H3. The van der Waals surface area contributed by atoms with Crippen LogP contribution in [0.2, 0.25) is 0 Å². The van der Waals surface area contributed by atoms with E-state index in [0.29, 0.717) is 12.0 Å². The normalized spacial score (nSPS) is 24.4. The number of hydrogen-bond acceptors (Lipinski definition) is 2. The Morgan fingerprint density at radius 3 is 2.86 bits per heavy atom. The quantitative estimate of drug-likeness (QED) is 0.790. The lowest BCUT2D eigenvalue weighted by molar-refractivity contribution is 0.199. The number of hydrogen-bond donors (Lipinski definition) is 1. The maximum atomic E-state index is 5.88. The van der Waals surface area contributed by atoms with Crippen molar-refractivity contribution < 1.29 is 4.74 Å². The number of para-hydroxylation sites is 1. The van der Waals surface area contributed by atoms with Crippen molar-refractivity contribution in [2.75, 3.05) is 13.6 Å². The molecule has 0 saturated carbocycles. The molecule has 2 rings (SSSR count). The van der Waals surface area contributed by atoms with Crippen LogP contribution in [0.15, 0.2) is 24.3 Å². The maximum absolute atomic E-state index is 5.88. The van der Waals surface area contributed by atoms with Crippen LogP contribution in [0.3, 0.4) is 0 Å². The van der Waals surface area contributed by atoms with Crippen molar-refractivity contribution in [2.24, 2.45) is 0 Å². The van der Waals surface area contributed by atoms with Crippen LogP contribution in [-0.2, 0) is 0 Å². The van der Waals surface area contributed by atoms with Gasteiger partial charge in [-0.25, -0.2) is 0 Å². The summed E-state index contributed by atoms with van der Waals surface area (Å²) in [6, 6.07) is 8.36. The third kappa shape index (κ3) is 1.50. The molecule has 1 N–H and O–H groups in total. The summed E-state index contributed by atoms with van der Waals surface area (Å²) < 4.78 is 5.88. The van der Waals surface area contributed by atoms with E-state index in [-0.39, 0.29) is 0 Å². The average molecular weight is 191 g/mol. The first-order chi connectivity index (χ1) is 6.86. The van der Waals surface area contributed by atoms with Crippen molar-refractivity contribution in [3.63, 3.8) is 0 Å². The number of nitrogens with one attached hydrogen (secondary N) is 1. The first-order valence-corrected chi connectivity index (χ1v) is 5.27. The molecule has 0 aromatic heterocycles. The second kappa shape index (κ2) is 4.01. The van der Waals surface area contributed by atoms with Gasteiger partial charge in [0.1, 0.15) is 11.9 Å². The van der Waals surface area contributed by atoms with Gasteiger partial charge in [-0.3, -0.25) is 0 Å².